The van der Waals surface area contributed by atoms with E-state index in [0.29, 0.717) is 13.0 Å². The fourth-order valence-electron chi connectivity index (χ4n) is 2.79. The first-order valence-corrected chi connectivity index (χ1v) is 9.17. The lowest BCUT2D eigenvalue weighted by Crippen LogP contribution is -2.24. The van der Waals surface area contributed by atoms with Gasteiger partial charge in [-0.2, -0.15) is 0 Å². The van der Waals surface area contributed by atoms with Crippen LogP contribution in [0.4, 0.5) is 0 Å². The summed E-state index contributed by atoms with van der Waals surface area (Å²) in [6.45, 7) is 0.465. The third kappa shape index (κ3) is 5.04. The predicted molar refractivity (Wildman–Crippen MR) is 108 cm³/mol. The molecular weight excluding hydrogens is 366 g/mol. The van der Waals surface area contributed by atoms with E-state index < -0.39 is 0 Å². The van der Waals surface area contributed by atoms with Crippen molar-refractivity contribution in [2.45, 2.75) is 13.0 Å². The molecule has 4 aromatic rings. The van der Waals surface area contributed by atoms with Crippen molar-refractivity contribution in [1.82, 2.24) is 25.5 Å². The van der Waals surface area contributed by atoms with Gasteiger partial charge in [-0.1, -0.05) is 42.5 Å². The van der Waals surface area contributed by atoms with Crippen LogP contribution in [0.15, 0.2) is 85.2 Å². The van der Waals surface area contributed by atoms with E-state index in [1.807, 2.05) is 78.9 Å². The first-order chi connectivity index (χ1) is 14.3. The van der Waals surface area contributed by atoms with E-state index in [9.17, 15) is 4.79 Å². The van der Waals surface area contributed by atoms with Crippen molar-refractivity contribution < 1.29 is 9.53 Å². The maximum absolute atomic E-state index is 12.2. The smallest absolute Gasteiger partial charge is 0.224 e. The summed E-state index contributed by atoms with van der Waals surface area (Å²) in [5.74, 6) is 1.51. The number of nitrogens with zero attached hydrogens (tertiary/aromatic N) is 4. The highest BCUT2D eigenvalue weighted by Crippen LogP contribution is 2.21. The molecule has 1 N–H and O–H groups in total. The summed E-state index contributed by atoms with van der Waals surface area (Å²) in [6.07, 6.45) is 1.84. The largest absolute Gasteiger partial charge is 0.457 e. The Morgan fingerprint density at radius 2 is 1.55 bits per heavy atom. The molecule has 1 heterocycles. The van der Waals surface area contributed by atoms with E-state index in [1.54, 1.807) is 4.68 Å². The molecule has 3 aromatic carbocycles. The van der Waals surface area contributed by atoms with Crippen LogP contribution < -0.4 is 10.1 Å². The number of tetrazole rings is 1. The lowest BCUT2D eigenvalue weighted by atomic mass is 10.1. The monoisotopic (exact) mass is 385 g/mol. The molecule has 0 radical (unpaired) electrons. The Hall–Kier alpha value is -4.00. The van der Waals surface area contributed by atoms with Crippen LogP contribution in [-0.4, -0.2) is 26.1 Å². The molecule has 0 aliphatic rings. The van der Waals surface area contributed by atoms with Crippen molar-refractivity contribution in [2.24, 2.45) is 0 Å². The van der Waals surface area contributed by atoms with Gasteiger partial charge in [-0.15, -0.1) is 5.10 Å². The number of aromatic nitrogens is 4. The molecule has 0 unspecified atom stereocenters. The van der Waals surface area contributed by atoms with Crippen LogP contribution in [0.25, 0.3) is 5.69 Å². The van der Waals surface area contributed by atoms with Gasteiger partial charge in [0.15, 0.2) is 0 Å². The fourth-order valence-corrected chi connectivity index (χ4v) is 2.79. The predicted octanol–water partition coefficient (Wildman–Crippen LogP) is 3.31. The second-order valence-corrected chi connectivity index (χ2v) is 6.43. The van der Waals surface area contributed by atoms with E-state index in [0.717, 1.165) is 28.3 Å². The van der Waals surface area contributed by atoms with Gasteiger partial charge in [0, 0.05) is 6.54 Å². The Morgan fingerprint density at radius 3 is 2.24 bits per heavy atom. The lowest BCUT2D eigenvalue weighted by molar-refractivity contribution is -0.120. The second-order valence-electron chi connectivity index (χ2n) is 6.43. The highest BCUT2D eigenvalue weighted by molar-refractivity contribution is 5.78. The molecule has 0 aliphatic heterocycles. The highest BCUT2D eigenvalue weighted by Gasteiger charge is 2.05. The van der Waals surface area contributed by atoms with E-state index in [2.05, 4.69) is 20.8 Å². The molecule has 0 fully saturated rings. The van der Waals surface area contributed by atoms with Crippen LogP contribution in [0.2, 0.25) is 0 Å². The second kappa shape index (κ2) is 8.79. The number of hydrogen-bond donors (Lipinski definition) is 1. The Bertz CT molecular complexity index is 1050. The van der Waals surface area contributed by atoms with Gasteiger partial charge in [0.2, 0.25) is 5.91 Å². The van der Waals surface area contributed by atoms with Crippen LogP contribution >= 0.6 is 0 Å². The maximum Gasteiger partial charge on any atom is 0.224 e. The van der Waals surface area contributed by atoms with Crippen molar-refractivity contribution in [2.75, 3.05) is 0 Å². The summed E-state index contributed by atoms with van der Waals surface area (Å²) in [5, 5.41) is 14.0. The number of amides is 1. The number of carbonyl (C=O) groups excluding carboxylic acids is 1. The fraction of sp³-hybridized carbons (Fsp3) is 0.0909. The van der Waals surface area contributed by atoms with Crippen LogP contribution in [0.5, 0.6) is 11.5 Å². The summed E-state index contributed by atoms with van der Waals surface area (Å²) in [7, 11) is 0. The molecule has 7 nitrogen and oxygen atoms in total. The van der Waals surface area contributed by atoms with Crippen molar-refractivity contribution in [3.05, 3.63) is 96.3 Å². The molecule has 0 atom stereocenters. The Labute approximate surface area is 168 Å². The zero-order valence-corrected chi connectivity index (χ0v) is 15.6. The summed E-state index contributed by atoms with van der Waals surface area (Å²) in [5.41, 5.74) is 2.77. The first kappa shape index (κ1) is 18.4. The van der Waals surface area contributed by atoms with Gasteiger partial charge >= 0.3 is 0 Å². The molecule has 0 saturated carbocycles. The lowest BCUT2D eigenvalue weighted by Gasteiger charge is -2.08. The van der Waals surface area contributed by atoms with Gasteiger partial charge in [-0.3, -0.25) is 4.79 Å². The molecule has 1 aromatic heterocycles. The van der Waals surface area contributed by atoms with Crippen molar-refractivity contribution in [3.8, 4) is 17.2 Å². The van der Waals surface area contributed by atoms with E-state index in [4.69, 9.17) is 4.74 Å². The third-order valence-electron chi connectivity index (χ3n) is 4.31. The Kier molecular flexibility index (Phi) is 5.57. The zero-order valence-electron chi connectivity index (χ0n) is 15.6. The minimum atomic E-state index is -0.0372. The van der Waals surface area contributed by atoms with E-state index >= 15 is 0 Å². The molecule has 1 amide bonds. The molecule has 0 spiro atoms. The number of rotatable bonds is 7. The molecule has 0 saturated heterocycles. The number of ether oxygens (including phenoxy) is 1. The van der Waals surface area contributed by atoms with E-state index in [-0.39, 0.29) is 5.91 Å². The van der Waals surface area contributed by atoms with Crippen LogP contribution in [0.1, 0.15) is 11.1 Å². The van der Waals surface area contributed by atoms with Crippen LogP contribution in [0.3, 0.4) is 0 Å². The summed E-state index contributed by atoms with van der Waals surface area (Å²) < 4.78 is 7.34. The normalized spacial score (nSPS) is 10.5. The first-order valence-electron chi connectivity index (χ1n) is 9.17. The maximum atomic E-state index is 12.2. The number of benzene rings is 3. The van der Waals surface area contributed by atoms with Crippen LogP contribution in [-0.2, 0) is 17.8 Å². The zero-order chi connectivity index (χ0) is 19.9. The third-order valence-corrected chi connectivity index (χ3v) is 4.31. The molecule has 29 heavy (non-hydrogen) atoms. The van der Waals surface area contributed by atoms with Gasteiger partial charge in [0.1, 0.15) is 17.8 Å². The van der Waals surface area contributed by atoms with Gasteiger partial charge in [0.05, 0.1) is 12.1 Å². The minimum Gasteiger partial charge on any atom is -0.457 e. The molecule has 144 valence electrons. The number of nitrogens with one attached hydrogen (secondary N) is 1. The van der Waals surface area contributed by atoms with Crippen LogP contribution in [0, 0.1) is 0 Å². The van der Waals surface area contributed by atoms with Crippen molar-refractivity contribution >= 4 is 5.91 Å². The topological polar surface area (TPSA) is 81.9 Å². The van der Waals surface area contributed by atoms with Gasteiger partial charge < -0.3 is 10.1 Å². The van der Waals surface area contributed by atoms with E-state index in [1.165, 1.54) is 6.33 Å². The molecule has 0 bridgehead atoms. The average Bonchev–Trinajstić information content (AvgIpc) is 3.30. The summed E-state index contributed by atoms with van der Waals surface area (Å²) in [6, 6.07) is 24.8. The molecule has 7 heteroatoms. The molecular formula is C22H19N5O2. The minimum absolute atomic E-state index is 0.0372. The van der Waals surface area contributed by atoms with Gasteiger partial charge in [-0.05, 0) is 58.0 Å². The summed E-state index contributed by atoms with van der Waals surface area (Å²) in [4.78, 5) is 12.2. The summed E-state index contributed by atoms with van der Waals surface area (Å²) >= 11 is 0. The van der Waals surface area contributed by atoms with Crippen molar-refractivity contribution in [3.63, 3.8) is 0 Å². The quantitative estimate of drug-likeness (QED) is 0.528. The Balaban J connectivity index is 1.27. The number of carbonyl (C=O) groups is 1. The number of para-hydroxylation sites is 1. The SMILES string of the molecule is O=C(Cc1ccc(-n2cnnn2)cc1)NCc1ccc(Oc2ccccc2)cc1. The van der Waals surface area contributed by atoms with Crippen molar-refractivity contribution in [1.29, 1.82) is 0 Å². The standard InChI is InChI=1S/C22H19N5O2/c28-22(14-17-6-10-19(11-7-17)27-16-24-25-26-27)23-15-18-8-12-21(13-9-18)29-20-4-2-1-3-5-20/h1-13,16H,14-15H2,(H,23,28). The molecule has 0 aliphatic carbocycles. The average molecular weight is 385 g/mol. The van der Waals surface area contributed by atoms with Gasteiger partial charge in [0.25, 0.3) is 0 Å². The van der Waals surface area contributed by atoms with Gasteiger partial charge in [-0.25, -0.2) is 4.68 Å². The highest BCUT2D eigenvalue weighted by atomic mass is 16.5. The number of hydrogen-bond acceptors (Lipinski definition) is 5. The Morgan fingerprint density at radius 1 is 0.862 bits per heavy atom. The molecule has 4 rings (SSSR count).